The molecule has 0 heterocycles. The highest BCUT2D eigenvalue weighted by Gasteiger charge is 2.19. The smallest absolute Gasteiger partial charge is 0.193 e. The third kappa shape index (κ3) is 2.55. The van der Waals surface area contributed by atoms with Crippen LogP contribution in [0.25, 0.3) is 0 Å². The molecule has 3 heteroatoms. The molecular weight excluding hydrogens is 319 g/mol. The zero-order valence-corrected chi connectivity index (χ0v) is 12.5. The maximum absolute atomic E-state index is 13.2. The number of rotatable bonds is 3. The van der Waals surface area contributed by atoms with Crippen LogP contribution in [-0.4, -0.2) is 5.78 Å². The Morgan fingerprint density at radius 1 is 1.05 bits per heavy atom. The summed E-state index contributed by atoms with van der Waals surface area (Å²) in [4.78, 5) is 12.3. The van der Waals surface area contributed by atoms with Crippen molar-refractivity contribution in [3.8, 4) is 0 Å². The van der Waals surface area contributed by atoms with Gasteiger partial charge in [0.1, 0.15) is 5.82 Å². The first-order valence-electron chi connectivity index (χ1n) is 6.75. The first-order chi connectivity index (χ1) is 9.65. The fourth-order valence-electron chi connectivity index (χ4n) is 2.45. The summed E-state index contributed by atoms with van der Waals surface area (Å²) >= 11 is 3.11. The van der Waals surface area contributed by atoms with E-state index < -0.39 is 0 Å². The van der Waals surface area contributed by atoms with E-state index in [1.807, 2.05) is 24.3 Å². The average molecular weight is 333 g/mol. The second-order valence-electron chi connectivity index (χ2n) is 5.21. The SMILES string of the molecule is O=C(c1ccc(C2CCC2)cc1)c1ccc(F)c(Br)c1. The Morgan fingerprint density at radius 3 is 2.25 bits per heavy atom. The van der Waals surface area contributed by atoms with Crippen LogP contribution in [0, 0.1) is 5.82 Å². The van der Waals surface area contributed by atoms with Gasteiger partial charge in [0.2, 0.25) is 0 Å². The molecule has 0 saturated heterocycles. The molecule has 1 aliphatic carbocycles. The van der Waals surface area contributed by atoms with Crippen molar-refractivity contribution in [2.24, 2.45) is 0 Å². The molecule has 1 aliphatic rings. The van der Waals surface area contributed by atoms with Gasteiger partial charge in [-0.05, 0) is 58.5 Å². The summed E-state index contributed by atoms with van der Waals surface area (Å²) in [6, 6.07) is 12.2. The number of benzene rings is 2. The van der Waals surface area contributed by atoms with Crippen LogP contribution in [0.4, 0.5) is 4.39 Å². The lowest BCUT2D eigenvalue weighted by atomic mass is 9.80. The van der Waals surface area contributed by atoms with E-state index in [1.54, 1.807) is 0 Å². The molecule has 0 spiro atoms. The molecule has 3 rings (SSSR count). The number of carbonyl (C=O) groups is 1. The van der Waals surface area contributed by atoms with Crippen molar-refractivity contribution in [3.05, 3.63) is 69.4 Å². The Labute approximate surface area is 126 Å². The lowest BCUT2D eigenvalue weighted by Crippen LogP contribution is -2.09. The summed E-state index contributed by atoms with van der Waals surface area (Å²) < 4.78 is 13.5. The Kier molecular flexibility index (Phi) is 3.70. The van der Waals surface area contributed by atoms with Crippen LogP contribution in [0.15, 0.2) is 46.9 Å². The van der Waals surface area contributed by atoms with Crippen molar-refractivity contribution in [2.45, 2.75) is 25.2 Å². The zero-order chi connectivity index (χ0) is 14.1. The second-order valence-corrected chi connectivity index (χ2v) is 6.06. The first-order valence-corrected chi connectivity index (χ1v) is 7.54. The lowest BCUT2D eigenvalue weighted by Gasteiger charge is -2.25. The fourth-order valence-corrected chi connectivity index (χ4v) is 2.83. The normalized spacial score (nSPS) is 14.9. The summed E-state index contributed by atoms with van der Waals surface area (Å²) in [6.07, 6.45) is 3.80. The molecule has 0 atom stereocenters. The quantitative estimate of drug-likeness (QED) is 0.716. The molecule has 1 nitrogen and oxygen atoms in total. The molecule has 0 amide bonds. The van der Waals surface area contributed by atoms with E-state index in [2.05, 4.69) is 15.9 Å². The van der Waals surface area contributed by atoms with Crippen LogP contribution in [0.5, 0.6) is 0 Å². The van der Waals surface area contributed by atoms with Gasteiger partial charge in [-0.2, -0.15) is 0 Å². The molecule has 0 N–H and O–H groups in total. The Morgan fingerprint density at radius 2 is 1.70 bits per heavy atom. The molecule has 1 fully saturated rings. The van der Waals surface area contributed by atoms with Crippen molar-refractivity contribution in [2.75, 3.05) is 0 Å². The largest absolute Gasteiger partial charge is 0.289 e. The molecule has 0 aromatic heterocycles. The minimum absolute atomic E-state index is 0.0779. The van der Waals surface area contributed by atoms with Crippen molar-refractivity contribution in [1.29, 1.82) is 0 Å². The molecule has 0 aliphatic heterocycles. The van der Waals surface area contributed by atoms with Gasteiger partial charge in [-0.1, -0.05) is 30.7 Å². The summed E-state index contributed by atoms with van der Waals surface area (Å²) in [6.45, 7) is 0. The summed E-state index contributed by atoms with van der Waals surface area (Å²) in [7, 11) is 0. The first kappa shape index (κ1) is 13.5. The van der Waals surface area contributed by atoms with E-state index in [1.165, 1.54) is 43.0 Å². The zero-order valence-electron chi connectivity index (χ0n) is 10.9. The number of carbonyl (C=O) groups excluding carboxylic acids is 1. The number of ketones is 1. The fraction of sp³-hybridized carbons (Fsp3) is 0.235. The second kappa shape index (κ2) is 5.49. The van der Waals surface area contributed by atoms with Gasteiger partial charge >= 0.3 is 0 Å². The molecule has 0 bridgehead atoms. The maximum Gasteiger partial charge on any atom is 0.193 e. The molecular formula is C17H14BrFO. The Hall–Kier alpha value is -1.48. The topological polar surface area (TPSA) is 17.1 Å². The highest BCUT2D eigenvalue weighted by Crippen LogP contribution is 2.36. The summed E-state index contributed by atoms with van der Waals surface area (Å²) in [5.74, 6) is 0.229. The third-order valence-corrected chi connectivity index (χ3v) is 4.54. The van der Waals surface area contributed by atoms with Gasteiger partial charge in [0, 0.05) is 11.1 Å². The Balaban J connectivity index is 1.84. The van der Waals surface area contributed by atoms with Gasteiger partial charge in [-0.25, -0.2) is 4.39 Å². The minimum Gasteiger partial charge on any atom is -0.289 e. The minimum atomic E-state index is -0.359. The van der Waals surface area contributed by atoms with Crippen LogP contribution in [-0.2, 0) is 0 Å². The van der Waals surface area contributed by atoms with Crippen molar-refractivity contribution in [1.82, 2.24) is 0 Å². The highest BCUT2D eigenvalue weighted by atomic mass is 79.9. The summed E-state index contributed by atoms with van der Waals surface area (Å²) in [5.41, 5.74) is 2.45. The monoisotopic (exact) mass is 332 g/mol. The van der Waals surface area contributed by atoms with Crippen LogP contribution < -0.4 is 0 Å². The molecule has 0 unspecified atom stereocenters. The van der Waals surface area contributed by atoms with Gasteiger partial charge in [-0.3, -0.25) is 4.79 Å². The summed E-state index contributed by atoms with van der Waals surface area (Å²) in [5, 5.41) is 0. The number of hydrogen-bond acceptors (Lipinski definition) is 1. The van der Waals surface area contributed by atoms with Gasteiger partial charge in [0.05, 0.1) is 4.47 Å². The molecule has 1 saturated carbocycles. The van der Waals surface area contributed by atoms with E-state index in [0.29, 0.717) is 21.5 Å². The molecule has 2 aromatic carbocycles. The van der Waals surface area contributed by atoms with E-state index in [0.717, 1.165) is 0 Å². The number of halogens is 2. The van der Waals surface area contributed by atoms with Crippen LogP contribution in [0.1, 0.15) is 46.7 Å². The van der Waals surface area contributed by atoms with Crippen LogP contribution in [0.3, 0.4) is 0 Å². The molecule has 2 aromatic rings. The predicted molar refractivity (Wildman–Crippen MR) is 80.6 cm³/mol. The van der Waals surface area contributed by atoms with Gasteiger partial charge in [0.15, 0.2) is 5.78 Å². The lowest BCUT2D eigenvalue weighted by molar-refractivity contribution is 0.103. The average Bonchev–Trinajstić information content (AvgIpc) is 2.40. The van der Waals surface area contributed by atoms with Gasteiger partial charge in [-0.15, -0.1) is 0 Å². The highest BCUT2D eigenvalue weighted by molar-refractivity contribution is 9.10. The molecule has 102 valence electrons. The van der Waals surface area contributed by atoms with Crippen molar-refractivity contribution < 1.29 is 9.18 Å². The van der Waals surface area contributed by atoms with E-state index >= 15 is 0 Å². The van der Waals surface area contributed by atoms with Crippen LogP contribution >= 0.6 is 15.9 Å². The molecule has 20 heavy (non-hydrogen) atoms. The van der Waals surface area contributed by atoms with Gasteiger partial charge < -0.3 is 0 Å². The van der Waals surface area contributed by atoms with E-state index in [9.17, 15) is 9.18 Å². The number of hydrogen-bond donors (Lipinski definition) is 0. The van der Waals surface area contributed by atoms with Crippen LogP contribution in [0.2, 0.25) is 0 Å². The predicted octanol–water partition coefficient (Wildman–Crippen LogP) is 5.09. The van der Waals surface area contributed by atoms with Crippen molar-refractivity contribution >= 4 is 21.7 Å². The van der Waals surface area contributed by atoms with Gasteiger partial charge in [0.25, 0.3) is 0 Å². The molecule has 0 radical (unpaired) electrons. The maximum atomic E-state index is 13.2. The third-order valence-electron chi connectivity index (χ3n) is 3.93. The van der Waals surface area contributed by atoms with E-state index in [-0.39, 0.29) is 11.6 Å². The van der Waals surface area contributed by atoms with E-state index in [4.69, 9.17) is 0 Å². The van der Waals surface area contributed by atoms with Crippen molar-refractivity contribution in [3.63, 3.8) is 0 Å². The Bertz CT molecular complexity index is 645. The standard InChI is InChI=1S/C17H14BrFO/c18-15-10-14(8-9-16(15)19)17(20)13-6-4-12(5-7-13)11-2-1-3-11/h4-11H,1-3H2.